The lowest BCUT2D eigenvalue weighted by Crippen LogP contribution is -2.34. The number of H-pyrrole nitrogens is 1. The first-order valence-electron chi connectivity index (χ1n) is 9.37. The smallest absolute Gasteiger partial charge is 0.296 e. The first-order valence-corrected chi connectivity index (χ1v) is 9.74. The van der Waals surface area contributed by atoms with Gasteiger partial charge in [0.05, 0.1) is 30.4 Å². The molecule has 5 rings (SSSR count). The number of benzene rings is 1. The van der Waals surface area contributed by atoms with Crippen LogP contribution in [-0.4, -0.2) is 57.7 Å². The zero-order chi connectivity index (χ0) is 20.7. The van der Waals surface area contributed by atoms with Gasteiger partial charge in [-0.25, -0.2) is 0 Å². The minimum Gasteiger partial charge on any atom is -0.472 e. The van der Waals surface area contributed by atoms with Crippen LogP contribution in [0.3, 0.4) is 0 Å². The summed E-state index contributed by atoms with van der Waals surface area (Å²) in [7, 11) is 0. The number of aromatic amines is 1. The third kappa shape index (κ3) is 3.55. The van der Waals surface area contributed by atoms with E-state index in [9.17, 15) is 5.11 Å². The quantitative estimate of drug-likeness (QED) is 0.632. The van der Waals surface area contributed by atoms with Crippen LogP contribution < -0.4 is 9.47 Å². The fourth-order valence-electron chi connectivity index (χ4n) is 3.61. The molecule has 0 saturated carbocycles. The second kappa shape index (κ2) is 7.74. The number of imidazole rings is 1. The van der Waals surface area contributed by atoms with E-state index in [-0.39, 0.29) is 43.4 Å². The van der Waals surface area contributed by atoms with Crippen molar-refractivity contribution >= 4 is 22.8 Å². The third-order valence-electron chi connectivity index (χ3n) is 5.05. The van der Waals surface area contributed by atoms with E-state index in [0.29, 0.717) is 28.4 Å². The van der Waals surface area contributed by atoms with Crippen molar-refractivity contribution in [2.75, 3.05) is 13.2 Å². The van der Waals surface area contributed by atoms with Crippen molar-refractivity contribution in [2.45, 2.75) is 31.0 Å². The number of ether oxygens (including phenoxy) is 4. The van der Waals surface area contributed by atoms with Crippen molar-refractivity contribution in [3.63, 3.8) is 0 Å². The average molecular weight is 429 g/mol. The summed E-state index contributed by atoms with van der Waals surface area (Å²) in [5.74, 6) is 0.232. The van der Waals surface area contributed by atoms with Crippen molar-refractivity contribution in [3.05, 3.63) is 46.5 Å². The number of fused-ring (bicyclic) bond motifs is 2. The van der Waals surface area contributed by atoms with Gasteiger partial charge in [0.1, 0.15) is 29.9 Å². The minimum atomic E-state index is -0.645. The summed E-state index contributed by atoms with van der Waals surface area (Å²) >= 11 is 6.30. The monoisotopic (exact) mass is 428 g/mol. The molecule has 2 fully saturated rings. The molecular weight excluding hydrogens is 412 g/mol. The molecule has 10 heteroatoms. The summed E-state index contributed by atoms with van der Waals surface area (Å²) in [6.45, 7) is 0.738. The van der Waals surface area contributed by atoms with E-state index in [1.165, 1.54) is 0 Å². The number of hydrogen-bond donors (Lipinski definition) is 2. The molecule has 2 aromatic heterocycles. The molecule has 9 nitrogen and oxygen atoms in total. The van der Waals surface area contributed by atoms with Crippen molar-refractivity contribution in [2.24, 2.45) is 0 Å². The first-order chi connectivity index (χ1) is 14.6. The molecule has 2 aliphatic heterocycles. The number of nitrogens with zero attached hydrogens (tertiary/aromatic N) is 3. The van der Waals surface area contributed by atoms with Gasteiger partial charge in [0.25, 0.3) is 6.01 Å². The van der Waals surface area contributed by atoms with Crippen molar-refractivity contribution < 1.29 is 24.1 Å². The predicted octanol–water partition coefficient (Wildman–Crippen LogP) is 1.97. The van der Waals surface area contributed by atoms with Gasteiger partial charge in [-0.3, -0.25) is 0 Å². The molecule has 3 aromatic rings. The zero-order valence-electron chi connectivity index (χ0n) is 15.6. The number of aliphatic hydroxyl groups is 1. The number of aromatic nitrogens is 3. The van der Waals surface area contributed by atoms with Crippen LogP contribution in [0.15, 0.2) is 30.3 Å². The summed E-state index contributed by atoms with van der Waals surface area (Å²) in [6.07, 6.45) is -1.75. The summed E-state index contributed by atoms with van der Waals surface area (Å²) in [4.78, 5) is 11.7. The SMILES string of the molecule is N#Cc1cccc(COc2nc3nc(O[C@@H]4CO[C@H]5[C@@H]4OC[C@H]5O)[nH]c3cc2Cl)c1. The maximum absolute atomic E-state index is 9.84. The Hall–Kier alpha value is -2.90. The number of nitriles is 1. The molecule has 2 aliphatic rings. The molecular formula is C20H17ClN4O5. The normalized spacial score (nSPS) is 25.2. The Morgan fingerprint density at radius 1 is 1.23 bits per heavy atom. The molecule has 4 heterocycles. The van der Waals surface area contributed by atoms with Gasteiger partial charge >= 0.3 is 0 Å². The lowest BCUT2D eigenvalue weighted by molar-refractivity contribution is 0.00706. The number of pyridine rings is 1. The number of hydrogen-bond acceptors (Lipinski definition) is 8. The van der Waals surface area contributed by atoms with Crippen LogP contribution in [-0.2, 0) is 16.1 Å². The molecule has 0 amide bonds. The minimum absolute atomic E-state index is 0.212. The molecule has 2 N–H and O–H groups in total. The summed E-state index contributed by atoms with van der Waals surface area (Å²) in [6, 6.07) is 11.1. The van der Waals surface area contributed by atoms with E-state index in [2.05, 4.69) is 21.0 Å². The van der Waals surface area contributed by atoms with Gasteiger partial charge in [-0.05, 0) is 23.8 Å². The standard InChI is InChI=1S/C20H17ClN4O5/c21-12-5-13-18(24-19(12)29-7-11-3-1-2-10(4-11)6-22)25-20(23-13)30-15-9-28-16-14(26)8-27-17(15)16/h1-5,14-17,26H,7-9H2,(H,23,24,25)/t14-,15-,16-,17-/m1/s1. The second-order valence-electron chi connectivity index (χ2n) is 7.11. The second-order valence-corrected chi connectivity index (χ2v) is 7.52. The third-order valence-corrected chi connectivity index (χ3v) is 5.32. The number of halogens is 1. The largest absolute Gasteiger partial charge is 0.472 e. The molecule has 0 spiro atoms. The highest BCUT2D eigenvalue weighted by Gasteiger charge is 2.48. The Bertz CT molecular complexity index is 1130. The van der Waals surface area contributed by atoms with Crippen LogP contribution in [0.5, 0.6) is 11.9 Å². The molecule has 0 unspecified atom stereocenters. The van der Waals surface area contributed by atoms with Crippen LogP contribution >= 0.6 is 11.6 Å². The van der Waals surface area contributed by atoms with Crippen LogP contribution in [0.25, 0.3) is 11.2 Å². The fraction of sp³-hybridized carbons (Fsp3) is 0.350. The fourth-order valence-corrected chi connectivity index (χ4v) is 3.81. The lowest BCUT2D eigenvalue weighted by atomic mass is 10.1. The maximum atomic E-state index is 9.84. The molecule has 0 aliphatic carbocycles. The summed E-state index contributed by atoms with van der Waals surface area (Å²) in [5, 5.41) is 19.2. The molecule has 1 aromatic carbocycles. The molecule has 2 saturated heterocycles. The van der Waals surface area contributed by atoms with Crippen LogP contribution in [0.2, 0.25) is 5.02 Å². The van der Waals surface area contributed by atoms with Crippen molar-refractivity contribution in [1.29, 1.82) is 5.26 Å². The Kier molecular flexibility index (Phi) is 4.92. The topological polar surface area (TPSA) is 123 Å². The van der Waals surface area contributed by atoms with Gasteiger partial charge in [-0.1, -0.05) is 23.7 Å². The molecule has 0 radical (unpaired) electrons. The van der Waals surface area contributed by atoms with E-state index in [4.69, 9.17) is 35.8 Å². The molecule has 30 heavy (non-hydrogen) atoms. The highest BCUT2D eigenvalue weighted by atomic mass is 35.5. The van der Waals surface area contributed by atoms with Crippen molar-refractivity contribution in [1.82, 2.24) is 15.0 Å². The lowest BCUT2D eigenvalue weighted by Gasteiger charge is -2.15. The van der Waals surface area contributed by atoms with Crippen molar-refractivity contribution in [3.8, 4) is 18.0 Å². The van der Waals surface area contributed by atoms with Crippen LogP contribution in [0.1, 0.15) is 11.1 Å². The molecule has 154 valence electrons. The molecule has 0 bridgehead atoms. The first kappa shape index (κ1) is 19.1. The Labute approximate surface area is 176 Å². The Morgan fingerprint density at radius 3 is 2.97 bits per heavy atom. The highest BCUT2D eigenvalue weighted by molar-refractivity contribution is 6.32. The average Bonchev–Trinajstić information content (AvgIpc) is 3.43. The Balaban J connectivity index is 1.31. The van der Waals surface area contributed by atoms with Gasteiger partial charge in [0.15, 0.2) is 11.8 Å². The van der Waals surface area contributed by atoms with Gasteiger partial charge in [0.2, 0.25) is 5.88 Å². The predicted molar refractivity (Wildman–Crippen MR) is 104 cm³/mol. The number of nitrogens with one attached hydrogen (secondary N) is 1. The Morgan fingerprint density at radius 2 is 2.10 bits per heavy atom. The van der Waals surface area contributed by atoms with E-state index in [0.717, 1.165) is 5.56 Å². The summed E-state index contributed by atoms with van der Waals surface area (Å²) < 4.78 is 22.7. The van der Waals surface area contributed by atoms with Crippen LogP contribution in [0, 0.1) is 11.3 Å². The van der Waals surface area contributed by atoms with Gasteiger partial charge in [-0.2, -0.15) is 15.2 Å². The van der Waals surface area contributed by atoms with Gasteiger partial charge in [0, 0.05) is 0 Å². The molecule has 4 atom stereocenters. The zero-order valence-corrected chi connectivity index (χ0v) is 16.4. The number of rotatable bonds is 5. The highest BCUT2D eigenvalue weighted by Crippen LogP contribution is 2.31. The van der Waals surface area contributed by atoms with E-state index in [1.807, 2.05) is 6.07 Å². The van der Waals surface area contributed by atoms with Gasteiger partial charge in [-0.15, -0.1) is 0 Å². The van der Waals surface area contributed by atoms with E-state index in [1.54, 1.807) is 24.3 Å². The van der Waals surface area contributed by atoms with E-state index >= 15 is 0 Å². The van der Waals surface area contributed by atoms with Gasteiger partial charge < -0.3 is 29.0 Å². The number of aliphatic hydroxyl groups excluding tert-OH is 1. The summed E-state index contributed by atoms with van der Waals surface area (Å²) in [5.41, 5.74) is 2.36. The maximum Gasteiger partial charge on any atom is 0.296 e. The van der Waals surface area contributed by atoms with Crippen LogP contribution in [0.4, 0.5) is 0 Å². The van der Waals surface area contributed by atoms with E-state index < -0.39 is 6.10 Å².